The molecule has 1 atom stereocenters. The monoisotopic (exact) mass is 403 g/mol. The molecule has 0 radical (unpaired) electrons. The predicted molar refractivity (Wildman–Crippen MR) is 115 cm³/mol. The number of hydrogen-bond donors (Lipinski definition) is 3. The number of benzene rings is 2. The molecule has 0 spiro atoms. The standard InChI is InChI=1S/C24H25N3O3/c28-23(24(8-9-24)16-4-7-21-22(13-16)30-14-29-21)26-17-5-6-18-15(11-17)12-20(27-18)19-3-1-2-10-25-19/h4-7,11-13,19,25,27H,1-3,8-10,14H2,(H,26,28)/t19-/m0/s1. The molecule has 1 aliphatic carbocycles. The maximum absolute atomic E-state index is 13.2. The van der Waals surface area contributed by atoms with Gasteiger partial charge >= 0.3 is 0 Å². The fraction of sp³-hybridized carbons (Fsp3) is 0.375. The Morgan fingerprint density at radius 3 is 2.77 bits per heavy atom. The second-order valence-electron chi connectivity index (χ2n) is 8.63. The molecular weight excluding hydrogens is 378 g/mol. The van der Waals surface area contributed by atoms with Crippen LogP contribution in [0, 0.1) is 0 Å². The van der Waals surface area contributed by atoms with Crippen molar-refractivity contribution in [3.8, 4) is 11.5 Å². The third-order valence-corrected chi connectivity index (χ3v) is 6.69. The number of aromatic amines is 1. The summed E-state index contributed by atoms with van der Waals surface area (Å²) >= 11 is 0. The van der Waals surface area contributed by atoms with Gasteiger partial charge in [0.05, 0.1) is 5.41 Å². The molecule has 0 bridgehead atoms. The van der Waals surface area contributed by atoms with Crippen LogP contribution in [0.25, 0.3) is 10.9 Å². The second-order valence-corrected chi connectivity index (χ2v) is 8.63. The summed E-state index contributed by atoms with van der Waals surface area (Å²) in [5.41, 5.74) is 3.70. The summed E-state index contributed by atoms with van der Waals surface area (Å²) < 4.78 is 10.9. The first-order chi connectivity index (χ1) is 14.7. The molecule has 1 aromatic heterocycles. The number of piperidine rings is 1. The molecule has 2 aromatic carbocycles. The molecule has 2 aliphatic heterocycles. The molecule has 1 saturated carbocycles. The summed E-state index contributed by atoms with van der Waals surface area (Å²) in [6.07, 6.45) is 5.37. The Hall–Kier alpha value is -2.99. The number of anilines is 1. The zero-order valence-corrected chi connectivity index (χ0v) is 16.8. The van der Waals surface area contributed by atoms with Gasteiger partial charge < -0.3 is 25.1 Å². The summed E-state index contributed by atoms with van der Waals surface area (Å²) in [6, 6.07) is 14.5. The molecule has 1 amide bonds. The largest absolute Gasteiger partial charge is 0.454 e. The lowest BCUT2D eigenvalue weighted by molar-refractivity contribution is -0.118. The molecule has 3 aromatic rings. The van der Waals surface area contributed by atoms with Crippen LogP contribution in [-0.2, 0) is 10.2 Å². The highest BCUT2D eigenvalue weighted by molar-refractivity contribution is 6.02. The molecule has 3 heterocycles. The maximum Gasteiger partial charge on any atom is 0.235 e. The summed E-state index contributed by atoms with van der Waals surface area (Å²) in [7, 11) is 0. The number of aromatic nitrogens is 1. The Labute approximate surface area is 174 Å². The first-order valence-electron chi connectivity index (χ1n) is 10.8. The summed E-state index contributed by atoms with van der Waals surface area (Å²) in [6.45, 7) is 1.32. The number of rotatable bonds is 4. The molecule has 1 saturated heterocycles. The Morgan fingerprint density at radius 2 is 1.93 bits per heavy atom. The van der Waals surface area contributed by atoms with Gasteiger partial charge in [-0.3, -0.25) is 4.79 Å². The van der Waals surface area contributed by atoms with Gasteiger partial charge in [0.25, 0.3) is 0 Å². The van der Waals surface area contributed by atoms with Crippen molar-refractivity contribution in [3.05, 3.63) is 53.7 Å². The van der Waals surface area contributed by atoms with Gasteiger partial charge in [0.2, 0.25) is 12.7 Å². The lowest BCUT2D eigenvalue weighted by Gasteiger charge is -2.22. The van der Waals surface area contributed by atoms with Crippen LogP contribution in [0.3, 0.4) is 0 Å². The zero-order valence-electron chi connectivity index (χ0n) is 16.8. The van der Waals surface area contributed by atoms with E-state index in [0.717, 1.165) is 59.5 Å². The number of carbonyl (C=O) groups excluding carboxylic acids is 1. The molecule has 30 heavy (non-hydrogen) atoms. The minimum Gasteiger partial charge on any atom is -0.454 e. The van der Waals surface area contributed by atoms with E-state index in [-0.39, 0.29) is 12.7 Å². The molecule has 3 N–H and O–H groups in total. The SMILES string of the molecule is O=C(Nc1ccc2[nH]c([C@@H]3CCCCN3)cc2c1)C1(c2ccc3c(c2)OCO3)CC1. The number of ether oxygens (including phenoxy) is 2. The van der Waals surface area contributed by atoms with E-state index in [1.54, 1.807) is 0 Å². The molecular formula is C24H25N3O3. The highest BCUT2D eigenvalue weighted by atomic mass is 16.7. The Balaban J connectivity index is 1.23. The number of H-pyrrole nitrogens is 1. The number of hydrogen-bond acceptors (Lipinski definition) is 4. The lowest BCUT2D eigenvalue weighted by atomic mass is 9.94. The number of fused-ring (bicyclic) bond motifs is 2. The van der Waals surface area contributed by atoms with Gasteiger partial charge in [0.1, 0.15) is 0 Å². The summed E-state index contributed by atoms with van der Waals surface area (Å²) in [5.74, 6) is 1.52. The maximum atomic E-state index is 13.2. The van der Waals surface area contributed by atoms with Crippen LogP contribution in [0.1, 0.15) is 49.4 Å². The van der Waals surface area contributed by atoms with Crippen LogP contribution < -0.4 is 20.1 Å². The van der Waals surface area contributed by atoms with E-state index >= 15 is 0 Å². The minimum atomic E-state index is -0.467. The zero-order chi connectivity index (χ0) is 20.1. The minimum absolute atomic E-state index is 0.0467. The van der Waals surface area contributed by atoms with E-state index in [0.29, 0.717) is 6.04 Å². The van der Waals surface area contributed by atoms with Crippen LogP contribution in [0.4, 0.5) is 5.69 Å². The van der Waals surface area contributed by atoms with Crippen LogP contribution >= 0.6 is 0 Å². The van der Waals surface area contributed by atoms with Crippen molar-refractivity contribution in [3.63, 3.8) is 0 Å². The van der Waals surface area contributed by atoms with Gasteiger partial charge in [-0.25, -0.2) is 0 Å². The third-order valence-electron chi connectivity index (χ3n) is 6.69. The van der Waals surface area contributed by atoms with E-state index in [9.17, 15) is 4.79 Å². The van der Waals surface area contributed by atoms with Crippen LogP contribution in [0.5, 0.6) is 11.5 Å². The van der Waals surface area contributed by atoms with Crippen molar-refractivity contribution in [1.82, 2.24) is 10.3 Å². The topological polar surface area (TPSA) is 75.4 Å². The fourth-order valence-electron chi connectivity index (χ4n) is 4.75. The summed E-state index contributed by atoms with van der Waals surface area (Å²) in [4.78, 5) is 16.7. The normalized spacial score (nSPS) is 21.5. The Bertz CT molecular complexity index is 1130. The van der Waals surface area contributed by atoms with E-state index in [1.165, 1.54) is 18.5 Å². The molecule has 0 unspecified atom stereocenters. The van der Waals surface area contributed by atoms with Gasteiger partial charge in [0.15, 0.2) is 11.5 Å². The van der Waals surface area contributed by atoms with Crippen molar-refractivity contribution in [2.75, 3.05) is 18.7 Å². The molecule has 6 rings (SSSR count). The highest BCUT2D eigenvalue weighted by Crippen LogP contribution is 2.51. The van der Waals surface area contributed by atoms with Crippen molar-refractivity contribution in [1.29, 1.82) is 0 Å². The van der Waals surface area contributed by atoms with E-state index in [4.69, 9.17) is 9.47 Å². The van der Waals surface area contributed by atoms with E-state index in [1.807, 2.05) is 24.3 Å². The second kappa shape index (κ2) is 6.77. The van der Waals surface area contributed by atoms with Crippen molar-refractivity contribution in [2.24, 2.45) is 0 Å². The molecule has 3 aliphatic rings. The van der Waals surface area contributed by atoms with Gasteiger partial charge in [0, 0.05) is 28.3 Å². The number of carbonyl (C=O) groups is 1. The van der Waals surface area contributed by atoms with Crippen molar-refractivity contribution < 1.29 is 14.3 Å². The van der Waals surface area contributed by atoms with Gasteiger partial charge in [-0.1, -0.05) is 12.5 Å². The van der Waals surface area contributed by atoms with Gasteiger partial charge in [-0.2, -0.15) is 0 Å². The summed E-state index contributed by atoms with van der Waals surface area (Å²) in [5, 5.41) is 7.87. The van der Waals surface area contributed by atoms with Crippen LogP contribution in [0.15, 0.2) is 42.5 Å². The quantitative estimate of drug-likeness (QED) is 0.604. The smallest absolute Gasteiger partial charge is 0.235 e. The molecule has 154 valence electrons. The van der Waals surface area contributed by atoms with E-state index in [2.05, 4.69) is 33.8 Å². The molecule has 6 heteroatoms. The lowest BCUT2D eigenvalue weighted by Crippen LogP contribution is -2.27. The average molecular weight is 403 g/mol. The van der Waals surface area contributed by atoms with Crippen LogP contribution in [-0.4, -0.2) is 24.2 Å². The third kappa shape index (κ3) is 2.94. The van der Waals surface area contributed by atoms with Crippen molar-refractivity contribution >= 4 is 22.5 Å². The predicted octanol–water partition coefficient (Wildman–Crippen LogP) is 4.38. The molecule has 2 fully saturated rings. The number of amides is 1. The van der Waals surface area contributed by atoms with Gasteiger partial charge in [-0.05, 0) is 74.2 Å². The fourth-order valence-corrected chi connectivity index (χ4v) is 4.75. The number of nitrogens with one attached hydrogen (secondary N) is 3. The average Bonchev–Trinajstić information content (AvgIpc) is 3.27. The first kappa shape index (κ1) is 17.8. The highest BCUT2D eigenvalue weighted by Gasteiger charge is 2.51. The van der Waals surface area contributed by atoms with E-state index < -0.39 is 5.41 Å². The first-order valence-corrected chi connectivity index (χ1v) is 10.8. The van der Waals surface area contributed by atoms with Crippen LogP contribution in [0.2, 0.25) is 0 Å². The Morgan fingerprint density at radius 1 is 1.03 bits per heavy atom. The molecule has 6 nitrogen and oxygen atoms in total. The van der Waals surface area contributed by atoms with Gasteiger partial charge in [-0.15, -0.1) is 0 Å². The Kier molecular flexibility index (Phi) is 4.03. The van der Waals surface area contributed by atoms with Crippen molar-refractivity contribution in [2.45, 2.75) is 43.6 Å².